The predicted molar refractivity (Wildman–Crippen MR) is 115 cm³/mol. The van der Waals surface area contributed by atoms with Crippen molar-refractivity contribution in [1.82, 2.24) is 14.9 Å². The Hall–Kier alpha value is -2.66. The van der Waals surface area contributed by atoms with Crippen LogP contribution in [0.3, 0.4) is 0 Å². The summed E-state index contributed by atoms with van der Waals surface area (Å²) in [5.74, 6) is 3.73. The minimum absolute atomic E-state index is 0.823. The fraction of sp³-hybridized carbons (Fsp3) is 0.417. The maximum Gasteiger partial charge on any atom is 0.195 e. The minimum atomic E-state index is 0.823. The molecule has 3 aromatic rings. The van der Waals surface area contributed by atoms with E-state index < -0.39 is 0 Å². The third-order valence-electron chi connectivity index (χ3n) is 6.17. The van der Waals surface area contributed by atoms with Gasteiger partial charge in [0.15, 0.2) is 11.7 Å². The van der Waals surface area contributed by atoms with Gasteiger partial charge in [-0.05, 0) is 24.8 Å². The van der Waals surface area contributed by atoms with Crippen molar-refractivity contribution < 1.29 is 4.42 Å². The zero-order chi connectivity index (χ0) is 19.6. The maximum atomic E-state index is 6.18. The lowest BCUT2D eigenvalue weighted by molar-refractivity contribution is 0.223. The molecule has 0 radical (unpaired) electrons. The Morgan fingerprint density at radius 2 is 1.86 bits per heavy atom. The monoisotopic (exact) mass is 388 g/mol. The molecular formula is C24H28N4O. The summed E-state index contributed by atoms with van der Waals surface area (Å²) < 4.78 is 6.18. The molecule has 150 valence electrons. The third kappa shape index (κ3) is 4.06. The van der Waals surface area contributed by atoms with Crippen molar-refractivity contribution in [2.24, 2.45) is 5.92 Å². The maximum absolute atomic E-state index is 6.18. The zero-order valence-electron chi connectivity index (χ0n) is 17.1. The van der Waals surface area contributed by atoms with Crippen molar-refractivity contribution in [3.63, 3.8) is 0 Å². The van der Waals surface area contributed by atoms with E-state index in [1.807, 2.05) is 24.4 Å². The van der Waals surface area contributed by atoms with Crippen molar-refractivity contribution in [1.29, 1.82) is 0 Å². The summed E-state index contributed by atoms with van der Waals surface area (Å²) in [5, 5.41) is 0. The van der Waals surface area contributed by atoms with E-state index in [1.165, 1.54) is 24.1 Å². The minimum Gasteiger partial charge on any atom is -0.444 e. The van der Waals surface area contributed by atoms with Crippen LogP contribution in [0, 0.1) is 5.92 Å². The summed E-state index contributed by atoms with van der Waals surface area (Å²) >= 11 is 0. The molecule has 2 aromatic heterocycles. The van der Waals surface area contributed by atoms with Crippen molar-refractivity contribution >= 4 is 5.88 Å². The van der Waals surface area contributed by atoms with E-state index in [4.69, 9.17) is 9.40 Å². The van der Waals surface area contributed by atoms with Crippen LogP contribution in [-0.4, -0.2) is 34.5 Å². The number of benzene rings is 1. The number of furan rings is 1. The van der Waals surface area contributed by atoms with Gasteiger partial charge < -0.3 is 9.32 Å². The van der Waals surface area contributed by atoms with E-state index in [2.05, 4.69) is 46.0 Å². The van der Waals surface area contributed by atoms with Crippen LogP contribution in [0.1, 0.15) is 36.8 Å². The second-order valence-corrected chi connectivity index (χ2v) is 8.40. The Kier molecular flexibility index (Phi) is 5.06. The standard InChI is InChI=1S/C24H28N4O/c1-18-9-13-28(14-10-18)23-8-7-21(29-23)17-27-12-11-22-20(16-27)15-25-24(26-22)19-5-3-2-4-6-19/h2-8,15,18H,9-14,16-17H2,1H3. The molecule has 29 heavy (non-hydrogen) atoms. The lowest BCUT2D eigenvalue weighted by atomic mass is 9.99. The van der Waals surface area contributed by atoms with Gasteiger partial charge in [0.1, 0.15) is 5.76 Å². The van der Waals surface area contributed by atoms with Crippen LogP contribution >= 0.6 is 0 Å². The molecule has 0 atom stereocenters. The van der Waals surface area contributed by atoms with Crippen molar-refractivity contribution in [2.45, 2.75) is 39.3 Å². The quantitative estimate of drug-likeness (QED) is 0.657. The van der Waals surface area contributed by atoms with Crippen LogP contribution in [0.4, 0.5) is 5.88 Å². The Morgan fingerprint density at radius 1 is 1.03 bits per heavy atom. The fourth-order valence-corrected chi connectivity index (χ4v) is 4.31. The number of hydrogen-bond donors (Lipinski definition) is 0. The SMILES string of the molecule is CC1CCN(c2ccc(CN3CCc4nc(-c5ccccc5)ncc4C3)o2)CC1. The molecule has 5 rings (SSSR count). The van der Waals surface area contributed by atoms with Crippen LogP contribution in [-0.2, 0) is 19.5 Å². The Bertz CT molecular complexity index is 960. The van der Waals surface area contributed by atoms with E-state index in [-0.39, 0.29) is 0 Å². The molecule has 0 saturated carbocycles. The molecule has 2 aliphatic heterocycles. The van der Waals surface area contributed by atoms with Crippen LogP contribution in [0.5, 0.6) is 0 Å². The Morgan fingerprint density at radius 3 is 2.69 bits per heavy atom. The van der Waals surface area contributed by atoms with Gasteiger partial charge in [0.05, 0.1) is 12.2 Å². The van der Waals surface area contributed by atoms with E-state index in [9.17, 15) is 0 Å². The average molecular weight is 389 g/mol. The highest BCUT2D eigenvalue weighted by Crippen LogP contribution is 2.27. The van der Waals surface area contributed by atoms with Crippen molar-refractivity contribution in [2.75, 3.05) is 24.5 Å². The van der Waals surface area contributed by atoms with Gasteiger partial charge in [-0.15, -0.1) is 0 Å². The second-order valence-electron chi connectivity index (χ2n) is 8.40. The largest absolute Gasteiger partial charge is 0.444 e. The normalized spacial score (nSPS) is 18.0. The summed E-state index contributed by atoms with van der Waals surface area (Å²) in [6, 6.07) is 14.5. The summed E-state index contributed by atoms with van der Waals surface area (Å²) in [4.78, 5) is 14.2. The number of aromatic nitrogens is 2. The van der Waals surface area contributed by atoms with E-state index >= 15 is 0 Å². The lowest BCUT2D eigenvalue weighted by Gasteiger charge is -2.30. The highest BCUT2D eigenvalue weighted by molar-refractivity contribution is 5.54. The number of anilines is 1. The molecule has 5 nitrogen and oxygen atoms in total. The Labute approximate surface area is 172 Å². The number of rotatable bonds is 4. The molecule has 5 heteroatoms. The van der Waals surface area contributed by atoms with Crippen LogP contribution in [0.2, 0.25) is 0 Å². The molecule has 0 unspecified atom stereocenters. The summed E-state index contributed by atoms with van der Waals surface area (Å²) in [5.41, 5.74) is 3.48. The first-order valence-electron chi connectivity index (χ1n) is 10.7. The molecule has 2 aliphatic rings. The van der Waals surface area contributed by atoms with Gasteiger partial charge in [0.2, 0.25) is 0 Å². The molecule has 0 N–H and O–H groups in total. The average Bonchev–Trinajstić information content (AvgIpc) is 3.23. The highest BCUT2D eigenvalue weighted by atomic mass is 16.4. The molecule has 1 fully saturated rings. The first-order chi connectivity index (χ1) is 14.2. The smallest absolute Gasteiger partial charge is 0.195 e. The van der Waals surface area contributed by atoms with Gasteiger partial charge >= 0.3 is 0 Å². The van der Waals surface area contributed by atoms with Crippen molar-refractivity contribution in [3.05, 3.63) is 65.7 Å². The van der Waals surface area contributed by atoms with E-state index in [0.717, 1.165) is 68.1 Å². The number of hydrogen-bond acceptors (Lipinski definition) is 5. The van der Waals surface area contributed by atoms with Gasteiger partial charge in [-0.25, -0.2) is 9.97 Å². The van der Waals surface area contributed by atoms with Gasteiger partial charge in [0.25, 0.3) is 0 Å². The molecule has 1 saturated heterocycles. The van der Waals surface area contributed by atoms with Crippen LogP contribution in [0.15, 0.2) is 53.1 Å². The second kappa shape index (κ2) is 7.99. The van der Waals surface area contributed by atoms with Crippen LogP contribution in [0.25, 0.3) is 11.4 Å². The molecular weight excluding hydrogens is 360 g/mol. The number of nitrogens with zero attached hydrogens (tertiary/aromatic N) is 4. The lowest BCUT2D eigenvalue weighted by Crippen LogP contribution is -2.32. The van der Waals surface area contributed by atoms with Gasteiger partial charge in [0, 0.05) is 56.0 Å². The summed E-state index contributed by atoms with van der Waals surface area (Å²) in [6.45, 7) is 7.26. The van der Waals surface area contributed by atoms with E-state index in [1.54, 1.807) is 0 Å². The Balaban J connectivity index is 1.24. The number of piperidine rings is 1. The highest BCUT2D eigenvalue weighted by Gasteiger charge is 2.22. The first-order valence-corrected chi connectivity index (χ1v) is 10.7. The van der Waals surface area contributed by atoms with E-state index in [0.29, 0.717) is 0 Å². The molecule has 4 heterocycles. The van der Waals surface area contributed by atoms with Crippen LogP contribution < -0.4 is 4.90 Å². The summed E-state index contributed by atoms with van der Waals surface area (Å²) in [7, 11) is 0. The zero-order valence-corrected chi connectivity index (χ0v) is 17.1. The molecule has 0 amide bonds. The number of fused-ring (bicyclic) bond motifs is 1. The predicted octanol–water partition coefficient (Wildman–Crippen LogP) is 4.53. The molecule has 0 bridgehead atoms. The molecule has 0 aliphatic carbocycles. The molecule has 0 spiro atoms. The van der Waals surface area contributed by atoms with Crippen molar-refractivity contribution in [3.8, 4) is 11.4 Å². The molecule has 1 aromatic carbocycles. The topological polar surface area (TPSA) is 45.4 Å². The fourth-order valence-electron chi connectivity index (χ4n) is 4.31. The third-order valence-corrected chi connectivity index (χ3v) is 6.17. The summed E-state index contributed by atoms with van der Waals surface area (Å²) in [6.07, 6.45) is 5.46. The van der Waals surface area contributed by atoms with Gasteiger partial charge in [-0.1, -0.05) is 37.3 Å². The first kappa shape index (κ1) is 18.4. The van der Waals surface area contributed by atoms with Gasteiger partial charge in [-0.3, -0.25) is 4.90 Å². The van der Waals surface area contributed by atoms with Gasteiger partial charge in [-0.2, -0.15) is 0 Å².